The number of hydrogen-bond donors (Lipinski definition) is 2. The van der Waals surface area contributed by atoms with Gasteiger partial charge in [-0.15, -0.1) is 0 Å². The third-order valence-electron chi connectivity index (χ3n) is 7.18. The Balaban J connectivity index is 1.87. The van der Waals surface area contributed by atoms with Gasteiger partial charge in [0.2, 0.25) is 0 Å². The summed E-state index contributed by atoms with van der Waals surface area (Å²) in [5, 5.41) is 15.2. The Morgan fingerprint density at radius 2 is 1.70 bits per heavy atom. The van der Waals surface area contributed by atoms with Crippen molar-refractivity contribution in [3.8, 4) is 28.4 Å². The molecular weight excluding hydrogens is 468 g/mol. The highest BCUT2D eigenvalue weighted by Gasteiger charge is 2.36. The first kappa shape index (κ1) is 22.7. The van der Waals surface area contributed by atoms with Gasteiger partial charge in [-0.05, 0) is 36.8 Å². The number of aromatic nitrogens is 3. The SMILES string of the molecule is COc1cccc(C2Nc3ccccc3-n3c(-c4cccc(C)c4)c4c(=O)n(C)c(=O)n(C)c4c32)c1O. The maximum Gasteiger partial charge on any atom is 0.331 e. The molecule has 1 unspecified atom stereocenters. The van der Waals surface area contributed by atoms with Crippen LogP contribution in [0.3, 0.4) is 0 Å². The number of fused-ring (bicyclic) bond motifs is 5. The smallest absolute Gasteiger partial charge is 0.331 e. The molecule has 0 amide bonds. The summed E-state index contributed by atoms with van der Waals surface area (Å²) in [6, 6.07) is 20.5. The number of nitrogens with one attached hydrogen (secondary N) is 1. The Bertz CT molecular complexity index is 1840. The Hall–Kier alpha value is -4.72. The summed E-state index contributed by atoms with van der Waals surface area (Å²) < 4.78 is 10.1. The van der Waals surface area contributed by atoms with Crippen molar-refractivity contribution < 1.29 is 9.84 Å². The highest BCUT2D eigenvalue weighted by Crippen LogP contribution is 2.48. The largest absolute Gasteiger partial charge is 0.504 e. The fourth-order valence-electron chi connectivity index (χ4n) is 5.45. The van der Waals surface area contributed by atoms with Gasteiger partial charge in [0, 0.05) is 19.7 Å². The zero-order chi connectivity index (χ0) is 26.0. The molecule has 0 spiro atoms. The Morgan fingerprint density at radius 3 is 2.46 bits per heavy atom. The molecule has 2 N–H and O–H groups in total. The van der Waals surface area contributed by atoms with Gasteiger partial charge in [0.15, 0.2) is 11.5 Å². The van der Waals surface area contributed by atoms with Crippen LogP contribution >= 0.6 is 0 Å². The second kappa shape index (κ2) is 8.16. The summed E-state index contributed by atoms with van der Waals surface area (Å²) in [5.41, 5.74) is 5.26. The lowest BCUT2D eigenvalue weighted by Gasteiger charge is -2.31. The van der Waals surface area contributed by atoms with Crippen molar-refractivity contribution >= 4 is 16.6 Å². The molecule has 0 saturated carbocycles. The van der Waals surface area contributed by atoms with Gasteiger partial charge in [-0.3, -0.25) is 13.9 Å². The Kier molecular flexibility index (Phi) is 5.01. The van der Waals surface area contributed by atoms with Crippen molar-refractivity contribution in [2.45, 2.75) is 13.0 Å². The second-order valence-corrected chi connectivity index (χ2v) is 9.36. The van der Waals surface area contributed by atoms with Crippen LogP contribution in [0.25, 0.3) is 27.8 Å². The molecule has 186 valence electrons. The van der Waals surface area contributed by atoms with E-state index in [1.165, 1.54) is 18.7 Å². The summed E-state index contributed by atoms with van der Waals surface area (Å²) in [6.45, 7) is 2.01. The van der Waals surface area contributed by atoms with Crippen LogP contribution in [0.4, 0.5) is 5.69 Å². The van der Waals surface area contributed by atoms with E-state index < -0.39 is 11.7 Å². The van der Waals surface area contributed by atoms with Gasteiger partial charge in [0.05, 0.1) is 46.8 Å². The average Bonchev–Trinajstić information content (AvgIpc) is 3.27. The molecule has 6 rings (SSSR count). The van der Waals surface area contributed by atoms with E-state index in [0.29, 0.717) is 33.6 Å². The third kappa shape index (κ3) is 3.15. The minimum atomic E-state index is -0.580. The fourth-order valence-corrected chi connectivity index (χ4v) is 5.45. The summed E-state index contributed by atoms with van der Waals surface area (Å²) in [6.07, 6.45) is 0. The van der Waals surface area contributed by atoms with Crippen molar-refractivity contribution in [1.82, 2.24) is 13.7 Å². The molecule has 0 saturated heterocycles. The Morgan fingerprint density at radius 1 is 0.946 bits per heavy atom. The highest BCUT2D eigenvalue weighted by atomic mass is 16.5. The van der Waals surface area contributed by atoms with Crippen molar-refractivity contribution in [2.75, 3.05) is 12.4 Å². The van der Waals surface area contributed by atoms with Gasteiger partial charge in [0.25, 0.3) is 5.56 Å². The van der Waals surface area contributed by atoms with E-state index in [-0.39, 0.29) is 11.3 Å². The van der Waals surface area contributed by atoms with E-state index in [9.17, 15) is 14.7 Å². The molecule has 1 aliphatic heterocycles. The molecule has 8 nitrogen and oxygen atoms in total. The predicted molar refractivity (Wildman–Crippen MR) is 144 cm³/mol. The van der Waals surface area contributed by atoms with Crippen molar-refractivity contribution in [2.24, 2.45) is 14.1 Å². The standard InChI is InChI=1S/C29H26N4O4/c1-16-9-7-10-17(15-16)24-22-25(31(2)29(36)32(3)28(22)35)26-23(18-11-8-14-21(37-4)27(18)34)30-19-12-5-6-13-20(19)33(24)26/h5-15,23,30,34H,1-4H3. The zero-order valence-electron chi connectivity index (χ0n) is 20.9. The van der Waals surface area contributed by atoms with E-state index in [1.807, 2.05) is 67.6 Å². The van der Waals surface area contributed by atoms with E-state index in [4.69, 9.17) is 4.74 Å². The minimum Gasteiger partial charge on any atom is -0.504 e. The van der Waals surface area contributed by atoms with Crippen LogP contribution in [0.1, 0.15) is 22.9 Å². The molecule has 0 aliphatic carbocycles. The lowest BCUT2D eigenvalue weighted by molar-refractivity contribution is 0.370. The van der Waals surface area contributed by atoms with Crippen LogP contribution in [-0.4, -0.2) is 25.9 Å². The van der Waals surface area contributed by atoms with Gasteiger partial charge < -0.3 is 19.7 Å². The first-order valence-corrected chi connectivity index (χ1v) is 12.0. The summed E-state index contributed by atoms with van der Waals surface area (Å²) >= 11 is 0. The normalized spacial score (nSPS) is 14.2. The number of aromatic hydroxyl groups is 1. The van der Waals surface area contributed by atoms with Crippen LogP contribution in [-0.2, 0) is 14.1 Å². The van der Waals surface area contributed by atoms with E-state index in [0.717, 1.165) is 27.1 Å². The van der Waals surface area contributed by atoms with Crippen molar-refractivity contribution in [3.63, 3.8) is 0 Å². The highest BCUT2D eigenvalue weighted by molar-refractivity contribution is 5.99. The third-order valence-corrected chi connectivity index (χ3v) is 7.18. The number of hydrogen-bond acceptors (Lipinski definition) is 5. The summed E-state index contributed by atoms with van der Waals surface area (Å²) in [5.74, 6) is 0.331. The van der Waals surface area contributed by atoms with Crippen LogP contribution in [0.2, 0.25) is 0 Å². The molecule has 3 heterocycles. The predicted octanol–water partition coefficient (Wildman–Crippen LogP) is 4.23. The monoisotopic (exact) mass is 494 g/mol. The molecule has 8 heteroatoms. The van der Waals surface area contributed by atoms with E-state index in [1.54, 1.807) is 13.1 Å². The molecule has 2 aromatic heterocycles. The quantitative estimate of drug-likeness (QED) is 0.392. The number of ether oxygens (including phenoxy) is 1. The molecule has 1 atom stereocenters. The molecule has 0 fully saturated rings. The van der Waals surface area contributed by atoms with Crippen molar-refractivity contribution in [3.05, 3.63) is 104 Å². The number of rotatable bonds is 3. The lowest BCUT2D eigenvalue weighted by Crippen LogP contribution is -2.37. The second-order valence-electron chi connectivity index (χ2n) is 9.36. The summed E-state index contributed by atoms with van der Waals surface area (Å²) in [7, 11) is 4.68. The van der Waals surface area contributed by atoms with Crippen molar-refractivity contribution in [1.29, 1.82) is 0 Å². The molecule has 1 aliphatic rings. The minimum absolute atomic E-state index is 0.00581. The number of para-hydroxylation sites is 3. The molecule has 0 bridgehead atoms. The maximum atomic E-state index is 13.8. The van der Waals surface area contributed by atoms with Crippen LogP contribution < -0.4 is 21.3 Å². The maximum absolute atomic E-state index is 13.8. The van der Waals surface area contributed by atoms with E-state index >= 15 is 0 Å². The molecular formula is C29H26N4O4. The zero-order valence-corrected chi connectivity index (χ0v) is 20.9. The first-order valence-electron chi connectivity index (χ1n) is 12.0. The number of methoxy groups -OCH3 is 1. The van der Waals surface area contributed by atoms with Crippen LogP contribution in [0.5, 0.6) is 11.5 Å². The van der Waals surface area contributed by atoms with Gasteiger partial charge in [0.1, 0.15) is 0 Å². The molecule has 0 radical (unpaired) electrons. The molecule has 5 aromatic rings. The van der Waals surface area contributed by atoms with E-state index in [2.05, 4.69) is 9.88 Å². The fraction of sp³-hybridized carbons (Fsp3) is 0.172. The molecule has 3 aromatic carbocycles. The number of phenolic OH excluding ortho intramolecular Hbond substituents is 1. The topological polar surface area (TPSA) is 90.4 Å². The average molecular weight is 495 g/mol. The number of phenols is 1. The first-order chi connectivity index (χ1) is 17.8. The van der Waals surface area contributed by atoms with Gasteiger partial charge in [-0.25, -0.2) is 4.79 Å². The summed E-state index contributed by atoms with van der Waals surface area (Å²) in [4.78, 5) is 26.9. The van der Waals surface area contributed by atoms with Crippen LogP contribution in [0.15, 0.2) is 76.3 Å². The number of aryl methyl sites for hydroxylation is 2. The van der Waals surface area contributed by atoms with Gasteiger partial charge >= 0.3 is 5.69 Å². The van der Waals surface area contributed by atoms with Gasteiger partial charge in [-0.1, -0.05) is 48.0 Å². The van der Waals surface area contributed by atoms with Crippen LogP contribution in [0, 0.1) is 6.92 Å². The molecule has 37 heavy (non-hydrogen) atoms. The lowest BCUT2D eigenvalue weighted by atomic mass is 9.98. The number of anilines is 1. The number of nitrogens with zero attached hydrogens (tertiary/aromatic N) is 3. The van der Waals surface area contributed by atoms with Gasteiger partial charge in [-0.2, -0.15) is 0 Å². The Labute approximate surface area is 212 Å². The number of benzene rings is 3.